The minimum Gasteiger partial charge on any atom is -0.484 e. The number of nitrogens with one attached hydrogen (secondary N) is 1. The van der Waals surface area contributed by atoms with E-state index < -0.39 is 11.5 Å². The number of amides is 1. The summed E-state index contributed by atoms with van der Waals surface area (Å²) in [4.78, 5) is 25.1. The van der Waals surface area contributed by atoms with Gasteiger partial charge < -0.3 is 4.74 Å². The first-order valence-corrected chi connectivity index (χ1v) is 9.92. The molecule has 0 fully saturated rings. The molecule has 5 aromatic rings. The van der Waals surface area contributed by atoms with Crippen molar-refractivity contribution in [2.45, 2.75) is 6.92 Å². The topological polar surface area (TPSA) is 103 Å². The molecule has 1 N–H and O–H groups in total. The molecule has 0 spiro atoms. The first kappa shape index (κ1) is 19.4. The Balaban J connectivity index is 1.47. The highest BCUT2D eigenvalue weighted by molar-refractivity contribution is 5.86. The van der Waals surface area contributed by atoms with E-state index in [9.17, 15) is 9.59 Å². The highest BCUT2D eigenvalue weighted by atomic mass is 16.5. The van der Waals surface area contributed by atoms with E-state index in [2.05, 4.69) is 20.7 Å². The normalized spacial score (nSPS) is 11.0. The van der Waals surface area contributed by atoms with Crippen LogP contribution in [0.15, 0.2) is 77.7 Å². The average Bonchev–Trinajstić information content (AvgIpc) is 3.17. The van der Waals surface area contributed by atoms with Crippen molar-refractivity contribution in [3.63, 3.8) is 0 Å². The second kappa shape index (κ2) is 7.95. The van der Waals surface area contributed by atoms with Crippen LogP contribution in [0.1, 0.15) is 5.69 Å². The minimum atomic E-state index is -0.514. The van der Waals surface area contributed by atoms with Crippen molar-refractivity contribution >= 4 is 22.6 Å². The Kier molecular flexibility index (Phi) is 4.83. The van der Waals surface area contributed by atoms with Crippen LogP contribution in [0.5, 0.6) is 5.75 Å². The smallest absolute Gasteiger partial charge is 0.299 e. The fourth-order valence-electron chi connectivity index (χ4n) is 3.52. The van der Waals surface area contributed by atoms with Gasteiger partial charge in [-0.1, -0.05) is 48.5 Å². The lowest BCUT2D eigenvalue weighted by molar-refractivity contribution is -0.119. The van der Waals surface area contributed by atoms with Gasteiger partial charge >= 0.3 is 0 Å². The number of aromatic nitrogens is 5. The highest BCUT2D eigenvalue weighted by Crippen LogP contribution is 2.27. The standard InChI is InChI=1S/C23H18N6O3/c1-15-20(16-8-4-2-5-9-16)22-25-24-21-18(29(22)26-15)12-13-28(23(21)31)27-19(30)14-32-17-10-6-3-7-11-17/h2-13H,14H2,1H3,(H,27,30). The van der Waals surface area contributed by atoms with Gasteiger partial charge in [0.2, 0.25) is 0 Å². The number of nitrogens with zero attached hydrogens (tertiary/aromatic N) is 5. The fourth-order valence-corrected chi connectivity index (χ4v) is 3.52. The number of rotatable bonds is 5. The lowest BCUT2D eigenvalue weighted by Crippen LogP contribution is -2.35. The molecule has 0 aliphatic rings. The molecule has 0 unspecified atom stereocenters. The van der Waals surface area contributed by atoms with Crippen molar-refractivity contribution in [1.29, 1.82) is 0 Å². The molecule has 3 aromatic heterocycles. The zero-order valence-corrected chi connectivity index (χ0v) is 17.1. The van der Waals surface area contributed by atoms with E-state index in [4.69, 9.17) is 4.74 Å². The molecule has 0 bridgehead atoms. The predicted octanol–water partition coefficient (Wildman–Crippen LogP) is 2.56. The number of aryl methyl sites for hydroxylation is 1. The molecule has 9 nitrogen and oxygen atoms in total. The van der Waals surface area contributed by atoms with Gasteiger partial charge in [-0.2, -0.15) is 5.10 Å². The summed E-state index contributed by atoms with van der Waals surface area (Å²) in [7, 11) is 0. The molecule has 0 aliphatic heterocycles. The number of pyridine rings is 1. The Morgan fingerprint density at radius 2 is 1.72 bits per heavy atom. The lowest BCUT2D eigenvalue weighted by atomic mass is 10.1. The third-order valence-electron chi connectivity index (χ3n) is 4.98. The molecule has 158 valence electrons. The Hall–Kier alpha value is -4.53. The van der Waals surface area contributed by atoms with Crippen molar-refractivity contribution in [1.82, 2.24) is 24.5 Å². The first-order valence-electron chi connectivity index (χ1n) is 9.92. The van der Waals surface area contributed by atoms with Gasteiger partial charge in [0, 0.05) is 6.20 Å². The Morgan fingerprint density at radius 1 is 1.00 bits per heavy atom. The Bertz CT molecular complexity index is 1490. The van der Waals surface area contributed by atoms with Crippen molar-refractivity contribution in [2.24, 2.45) is 0 Å². The zero-order valence-electron chi connectivity index (χ0n) is 17.1. The number of benzene rings is 2. The van der Waals surface area contributed by atoms with E-state index in [1.54, 1.807) is 34.8 Å². The van der Waals surface area contributed by atoms with Crippen LogP contribution in [0.4, 0.5) is 0 Å². The summed E-state index contributed by atoms with van der Waals surface area (Å²) in [5.41, 5.74) is 5.73. The molecule has 3 heterocycles. The number of carbonyl (C=O) groups excluding carboxylic acids is 1. The van der Waals surface area contributed by atoms with Gasteiger partial charge in [-0.15, -0.1) is 10.2 Å². The molecular weight excluding hydrogens is 408 g/mol. The summed E-state index contributed by atoms with van der Waals surface area (Å²) in [6, 6.07) is 20.4. The summed E-state index contributed by atoms with van der Waals surface area (Å²) in [6.45, 7) is 1.65. The van der Waals surface area contributed by atoms with E-state index in [0.717, 1.165) is 21.5 Å². The lowest BCUT2D eigenvalue weighted by Gasteiger charge is -2.10. The summed E-state index contributed by atoms with van der Waals surface area (Å²) in [6.07, 6.45) is 1.46. The fraction of sp³-hybridized carbons (Fsp3) is 0.0870. The number of fused-ring (bicyclic) bond motifs is 3. The number of hydrogen-bond donors (Lipinski definition) is 1. The monoisotopic (exact) mass is 426 g/mol. The van der Waals surface area contributed by atoms with Crippen molar-refractivity contribution in [2.75, 3.05) is 12.0 Å². The molecule has 0 saturated heterocycles. The highest BCUT2D eigenvalue weighted by Gasteiger charge is 2.17. The van der Waals surface area contributed by atoms with Crippen molar-refractivity contribution in [3.8, 4) is 16.9 Å². The van der Waals surface area contributed by atoms with E-state index in [-0.39, 0.29) is 12.1 Å². The maximum atomic E-state index is 12.9. The Labute approximate surface area is 181 Å². The second-order valence-electron chi connectivity index (χ2n) is 7.12. The first-order chi connectivity index (χ1) is 15.6. The molecular formula is C23H18N6O3. The van der Waals surface area contributed by atoms with Crippen LogP contribution in [0, 0.1) is 6.92 Å². The average molecular weight is 426 g/mol. The third-order valence-corrected chi connectivity index (χ3v) is 4.98. The van der Waals surface area contributed by atoms with Crippen LogP contribution in [0.25, 0.3) is 27.8 Å². The SMILES string of the molecule is Cc1nn2c(nnc3c(=O)n(NC(=O)COc4ccccc4)ccc32)c1-c1ccccc1. The molecule has 2 aromatic carbocycles. The molecule has 1 amide bonds. The van der Waals surface area contributed by atoms with Gasteiger partial charge in [-0.25, -0.2) is 9.19 Å². The maximum Gasteiger partial charge on any atom is 0.299 e. The number of ether oxygens (including phenoxy) is 1. The van der Waals surface area contributed by atoms with Crippen LogP contribution in [-0.4, -0.2) is 37.0 Å². The molecule has 0 aliphatic carbocycles. The quantitative estimate of drug-likeness (QED) is 0.463. The molecule has 0 saturated carbocycles. The van der Waals surface area contributed by atoms with E-state index >= 15 is 0 Å². The second-order valence-corrected chi connectivity index (χ2v) is 7.12. The third kappa shape index (κ3) is 3.45. The zero-order chi connectivity index (χ0) is 22.1. The summed E-state index contributed by atoms with van der Waals surface area (Å²) in [5, 5.41) is 13.0. The van der Waals surface area contributed by atoms with Gasteiger partial charge in [0.1, 0.15) is 11.3 Å². The van der Waals surface area contributed by atoms with Crippen LogP contribution in [-0.2, 0) is 4.79 Å². The van der Waals surface area contributed by atoms with Crippen molar-refractivity contribution in [3.05, 3.63) is 89.0 Å². The minimum absolute atomic E-state index is 0.0892. The summed E-state index contributed by atoms with van der Waals surface area (Å²) < 4.78 is 8.08. The molecule has 0 radical (unpaired) electrons. The van der Waals surface area contributed by atoms with E-state index in [0.29, 0.717) is 16.9 Å². The Morgan fingerprint density at radius 3 is 2.47 bits per heavy atom. The van der Waals surface area contributed by atoms with Crippen LogP contribution < -0.4 is 15.7 Å². The largest absolute Gasteiger partial charge is 0.484 e. The van der Waals surface area contributed by atoms with Gasteiger partial charge in [-0.05, 0) is 30.7 Å². The molecule has 32 heavy (non-hydrogen) atoms. The van der Waals surface area contributed by atoms with Crippen LogP contribution in [0.3, 0.4) is 0 Å². The molecule has 0 atom stereocenters. The van der Waals surface area contributed by atoms with Gasteiger partial charge in [0.25, 0.3) is 11.5 Å². The maximum absolute atomic E-state index is 12.9. The number of hydrogen-bond acceptors (Lipinski definition) is 6. The number of para-hydroxylation sites is 1. The van der Waals surface area contributed by atoms with Crippen LogP contribution >= 0.6 is 0 Å². The van der Waals surface area contributed by atoms with Gasteiger partial charge in [-0.3, -0.25) is 15.0 Å². The summed E-state index contributed by atoms with van der Waals surface area (Å²) in [5.74, 6) is 0.0793. The predicted molar refractivity (Wildman–Crippen MR) is 119 cm³/mol. The number of carbonyl (C=O) groups is 1. The van der Waals surface area contributed by atoms with Gasteiger partial charge in [0.05, 0.1) is 11.3 Å². The summed E-state index contributed by atoms with van der Waals surface area (Å²) >= 11 is 0. The van der Waals surface area contributed by atoms with Gasteiger partial charge in [0.15, 0.2) is 17.8 Å². The van der Waals surface area contributed by atoms with E-state index in [1.807, 2.05) is 43.3 Å². The molecule has 9 heteroatoms. The molecule has 5 rings (SSSR count). The van der Waals surface area contributed by atoms with E-state index in [1.165, 1.54) is 6.20 Å². The van der Waals surface area contributed by atoms with Crippen molar-refractivity contribution < 1.29 is 9.53 Å². The van der Waals surface area contributed by atoms with Crippen LogP contribution in [0.2, 0.25) is 0 Å².